The molecule has 0 aliphatic carbocycles. The van der Waals surface area contributed by atoms with Crippen LogP contribution in [0.2, 0.25) is 0 Å². The van der Waals surface area contributed by atoms with Crippen LogP contribution in [0, 0.1) is 0 Å². The zero-order valence-electron chi connectivity index (χ0n) is 8.93. The van der Waals surface area contributed by atoms with Crippen molar-refractivity contribution in [3.05, 3.63) is 45.7 Å². The second-order valence-corrected chi connectivity index (χ2v) is 4.61. The van der Waals surface area contributed by atoms with E-state index < -0.39 is 17.7 Å². The average molecular weight is 267 g/mol. The predicted octanol–water partition coefficient (Wildman–Crippen LogP) is 2.69. The molecular formula is C11H7F2N3OS. The Morgan fingerprint density at radius 1 is 1.39 bits per heavy atom. The van der Waals surface area contributed by atoms with Crippen LogP contribution in [-0.2, 0) is 0 Å². The van der Waals surface area contributed by atoms with Gasteiger partial charge in [0.15, 0.2) is 5.65 Å². The van der Waals surface area contributed by atoms with Gasteiger partial charge < -0.3 is 0 Å². The number of aromatic amines is 1. The highest BCUT2D eigenvalue weighted by atomic mass is 32.1. The van der Waals surface area contributed by atoms with Gasteiger partial charge in [-0.3, -0.25) is 9.89 Å². The summed E-state index contributed by atoms with van der Waals surface area (Å²) < 4.78 is 26.2. The van der Waals surface area contributed by atoms with E-state index in [2.05, 4.69) is 10.1 Å². The van der Waals surface area contributed by atoms with Gasteiger partial charge in [0, 0.05) is 12.1 Å². The van der Waals surface area contributed by atoms with Gasteiger partial charge in [-0.05, 0) is 11.4 Å². The van der Waals surface area contributed by atoms with E-state index in [1.165, 1.54) is 11.3 Å². The quantitative estimate of drug-likeness (QED) is 0.776. The molecule has 0 aromatic carbocycles. The van der Waals surface area contributed by atoms with Crippen molar-refractivity contribution in [1.82, 2.24) is 14.6 Å². The molecule has 4 nitrogen and oxygen atoms in total. The zero-order chi connectivity index (χ0) is 12.7. The maximum Gasteiger partial charge on any atom is 0.280 e. The number of nitrogens with zero attached hydrogens (tertiary/aromatic N) is 2. The third-order valence-electron chi connectivity index (χ3n) is 2.48. The van der Waals surface area contributed by atoms with Crippen LogP contribution < -0.4 is 5.56 Å². The Labute approximate surface area is 104 Å². The molecule has 0 unspecified atom stereocenters. The number of nitrogens with one attached hydrogen (secondary N) is 1. The van der Waals surface area contributed by atoms with Crippen LogP contribution in [0.5, 0.6) is 0 Å². The van der Waals surface area contributed by atoms with Gasteiger partial charge in [-0.2, -0.15) is 0 Å². The fourth-order valence-corrected chi connectivity index (χ4v) is 2.37. The fourth-order valence-electron chi connectivity index (χ4n) is 1.68. The molecule has 0 aliphatic rings. The molecule has 0 radical (unpaired) electrons. The molecule has 3 aromatic heterocycles. The second kappa shape index (κ2) is 4.02. The second-order valence-electron chi connectivity index (χ2n) is 3.66. The average Bonchev–Trinajstić information content (AvgIpc) is 2.96. The van der Waals surface area contributed by atoms with Crippen LogP contribution in [0.1, 0.15) is 12.1 Å². The maximum atomic E-state index is 12.5. The summed E-state index contributed by atoms with van der Waals surface area (Å²) in [6.45, 7) is 0. The molecule has 1 N–H and O–H groups in total. The number of hydrogen-bond donors (Lipinski definition) is 1. The first-order chi connectivity index (χ1) is 8.65. The van der Waals surface area contributed by atoms with E-state index in [1.807, 2.05) is 17.5 Å². The monoisotopic (exact) mass is 267 g/mol. The van der Waals surface area contributed by atoms with E-state index in [0.717, 1.165) is 15.5 Å². The van der Waals surface area contributed by atoms with Crippen molar-refractivity contribution >= 4 is 17.0 Å². The molecular weight excluding hydrogens is 260 g/mol. The summed E-state index contributed by atoms with van der Waals surface area (Å²) in [5.74, 6) is 0. The molecule has 0 bridgehead atoms. The van der Waals surface area contributed by atoms with Crippen LogP contribution in [0.25, 0.3) is 16.2 Å². The lowest BCUT2D eigenvalue weighted by molar-refractivity contribution is 0.146. The largest absolute Gasteiger partial charge is 0.288 e. The van der Waals surface area contributed by atoms with Crippen molar-refractivity contribution in [3.63, 3.8) is 0 Å². The molecule has 0 saturated carbocycles. The minimum Gasteiger partial charge on any atom is -0.288 e. The highest BCUT2D eigenvalue weighted by Gasteiger charge is 2.13. The first kappa shape index (κ1) is 11.1. The van der Waals surface area contributed by atoms with Crippen molar-refractivity contribution in [2.75, 3.05) is 0 Å². The Bertz CT molecular complexity index is 745. The molecule has 0 amide bonds. The van der Waals surface area contributed by atoms with Crippen molar-refractivity contribution in [2.24, 2.45) is 0 Å². The lowest BCUT2D eigenvalue weighted by Gasteiger charge is -1.97. The smallest absolute Gasteiger partial charge is 0.280 e. The summed E-state index contributed by atoms with van der Waals surface area (Å²) in [4.78, 5) is 16.3. The van der Waals surface area contributed by atoms with Crippen LogP contribution in [0.15, 0.2) is 34.4 Å². The Kier molecular flexibility index (Phi) is 2.48. The van der Waals surface area contributed by atoms with Gasteiger partial charge >= 0.3 is 0 Å². The lowest BCUT2D eigenvalue weighted by atomic mass is 10.3. The number of halogens is 2. The fraction of sp³-hybridized carbons (Fsp3) is 0.0909. The third kappa shape index (κ3) is 1.72. The molecule has 92 valence electrons. The first-order valence-electron chi connectivity index (χ1n) is 5.10. The van der Waals surface area contributed by atoms with Gasteiger partial charge in [-0.1, -0.05) is 6.07 Å². The van der Waals surface area contributed by atoms with Gasteiger partial charge in [0.05, 0.1) is 10.6 Å². The highest BCUT2D eigenvalue weighted by Crippen LogP contribution is 2.24. The standard InChI is InChI=1S/C11H7F2N3OS/c12-11(13)7-5-10(17)16-9(14-7)4-6(15-16)8-2-1-3-18-8/h1-5,11,15H. The van der Waals surface area contributed by atoms with Crippen LogP contribution >= 0.6 is 11.3 Å². The van der Waals surface area contributed by atoms with Crippen LogP contribution in [-0.4, -0.2) is 14.6 Å². The molecule has 3 heterocycles. The van der Waals surface area contributed by atoms with Gasteiger partial charge in [0.25, 0.3) is 12.0 Å². The molecule has 0 aliphatic heterocycles. The molecule has 0 atom stereocenters. The zero-order valence-corrected chi connectivity index (χ0v) is 9.75. The van der Waals surface area contributed by atoms with Gasteiger partial charge in [0.1, 0.15) is 5.69 Å². The topological polar surface area (TPSA) is 50.2 Å². The van der Waals surface area contributed by atoms with E-state index in [1.54, 1.807) is 6.07 Å². The highest BCUT2D eigenvalue weighted by molar-refractivity contribution is 7.13. The molecule has 3 rings (SSSR count). The number of hydrogen-bond acceptors (Lipinski definition) is 3. The maximum absolute atomic E-state index is 12.5. The van der Waals surface area contributed by atoms with Crippen molar-refractivity contribution in [1.29, 1.82) is 0 Å². The van der Waals surface area contributed by atoms with Crippen molar-refractivity contribution in [3.8, 4) is 10.6 Å². The number of aromatic nitrogens is 3. The molecule has 0 spiro atoms. The summed E-state index contributed by atoms with van der Waals surface area (Å²) in [6, 6.07) is 6.16. The minimum atomic E-state index is -2.75. The number of thiophene rings is 1. The van der Waals surface area contributed by atoms with Crippen molar-refractivity contribution in [2.45, 2.75) is 6.43 Å². The van der Waals surface area contributed by atoms with Gasteiger partial charge in [0.2, 0.25) is 0 Å². The summed E-state index contributed by atoms with van der Waals surface area (Å²) >= 11 is 1.49. The van der Waals surface area contributed by atoms with Gasteiger partial charge in [-0.15, -0.1) is 11.3 Å². The minimum absolute atomic E-state index is 0.196. The third-order valence-corrected chi connectivity index (χ3v) is 3.38. The van der Waals surface area contributed by atoms with E-state index in [4.69, 9.17) is 0 Å². The Morgan fingerprint density at radius 3 is 2.89 bits per heavy atom. The summed E-state index contributed by atoms with van der Waals surface area (Å²) in [5.41, 5.74) is -0.169. The Hall–Kier alpha value is -2.02. The summed E-state index contributed by atoms with van der Waals surface area (Å²) in [5, 5.41) is 4.73. The Balaban J connectivity index is 2.23. The number of H-pyrrole nitrogens is 1. The summed E-state index contributed by atoms with van der Waals surface area (Å²) in [7, 11) is 0. The number of alkyl halides is 2. The van der Waals surface area contributed by atoms with E-state index >= 15 is 0 Å². The van der Waals surface area contributed by atoms with Gasteiger partial charge in [-0.25, -0.2) is 18.3 Å². The van der Waals surface area contributed by atoms with Crippen molar-refractivity contribution < 1.29 is 8.78 Å². The lowest BCUT2D eigenvalue weighted by Crippen LogP contribution is -2.15. The van der Waals surface area contributed by atoms with E-state index in [0.29, 0.717) is 5.69 Å². The Morgan fingerprint density at radius 2 is 2.22 bits per heavy atom. The number of rotatable bonds is 2. The van der Waals surface area contributed by atoms with E-state index in [-0.39, 0.29) is 5.65 Å². The molecule has 18 heavy (non-hydrogen) atoms. The molecule has 7 heteroatoms. The molecule has 3 aromatic rings. The van der Waals surface area contributed by atoms with Crippen LogP contribution in [0.3, 0.4) is 0 Å². The van der Waals surface area contributed by atoms with Crippen LogP contribution in [0.4, 0.5) is 8.78 Å². The molecule has 0 fully saturated rings. The summed E-state index contributed by atoms with van der Waals surface area (Å²) in [6.07, 6.45) is -2.75. The predicted molar refractivity (Wildman–Crippen MR) is 64.1 cm³/mol. The van der Waals surface area contributed by atoms with E-state index in [9.17, 15) is 13.6 Å². The normalized spacial score (nSPS) is 11.5. The number of fused-ring (bicyclic) bond motifs is 1. The molecule has 0 saturated heterocycles. The first-order valence-corrected chi connectivity index (χ1v) is 5.98. The SMILES string of the molecule is O=c1cc(C(F)F)nc2cc(-c3cccs3)[nH]n12.